The van der Waals surface area contributed by atoms with Gasteiger partial charge in [-0.2, -0.15) is 0 Å². The molecular weight excluding hydrogens is 383 g/mol. The summed E-state index contributed by atoms with van der Waals surface area (Å²) in [6.07, 6.45) is 2.08. The fourth-order valence-electron chi connectivity index (χ4n) is 2.98. The average Bonchev–Trinajstić information content (AvgIpc) is 3.34. The Bertz CT molecular complexity index is 778. The molecule has 1 saturated heterocycles. The van der Waals surface area contributed by atoms with Crippen molar-refractivity contribution in [3.8, 4) is 11.4 Å². The number of hydrogen-bond donors (Lipinski definition) is 1. The largest absolute Gasteiger partial charge is 0.383 e. The number of carbonyl (C=O) groups is 1. The van der Waals surface area contributed by atoms with Crippen molar-refractivity contribution in [2.45, 2.75) is 42.8 Å². The van der Waals surface area contributed by atoms with E-state index in [0.717, 1.165) is 25.0 Å². The summed E-state index contributed by atoms with van der Waals surface area (Å²) >= 11 is 1.35. The van der Waals surface area contributed by atoms with Crippen LogP contribution in [0.5, 0.6) is 0 Å². The highest BCUT2D eigenvalue weighted by Crippen LogP contribution is 2.29. The Labute approximate surface area is 168 Å². The number of thioether (sulfide) groups is 1. The van der Waals surface area contributed by atoms with E-state index in [1.165, 1.54) is 23.9 Å². The molecule has 1 aliphatic rings. The first-order valence-electron chi connectivity index (χ1n) is 9.32. The van der Waals surface area contributed by atoms with Crippen molar-refractivity contribution in [3.05, 3.63) is 30.1 Å². The molecule has 2 heterocycles. The van der Waals surface area contributed by atoms with Crippen molar-refractivity contribution in [3.63, 3.8) is 0 Å². The van der Waals surface area contributed by atoms with Crippen LogP contribution in [0.25, 0.3) is 11.4 Å². The molecule has 0 unspecified atom stereocenters. The molecule has 0 saturated carbocycles. The molecule has 7 nitrogen and oxygen atoms in total. The highest BCUT2D eigenvalue weighted by atomic mass is 32.2. The van der Waals surface area contributed by atoms with Crippen LogP contribution in [0.1, 0.15) is 19.8 Å². The molecule has 1 aromatic heterocycles. The summed E-state index contributed by atoms with van der Waals surface area (Å²) in [5, 5.41) is 11.7. The summed E-state index contributed by atoms with van der Waals surface area (Å²) in [7, 11) is 1.59. The lowest BCUT2D eigenvalue weighted by atomic mass is 10.2. The first-order chi connectivity index (χ1) is 13.6. The Hall–Kier alpha value is -1.97. The van der Waals surface area contributed by atoms with E-state index in [1.54, 1.807) is 19.2 Å². The molecule has 28 heavy (non-hydrogen) atoms. The van der Waals surface area contributed by atoms with Crippen LogP contribution in [-0.4, -0.2) is 58.9 Å². The maximum atomic E-state index is 13.3. The first-order valence-corrected chi connectivity index (χ1v) is 10.2. The summed E-state index contributed by atoms with van der Waals surface area (Å²) in [5.41, 5.74) is 0.774. The number of carbonyl (C=O) groups excluding carboxylic acids is 1. The normalized spacial score (nSPS) is 17.6. The zero-order valence-corrected chi connectivity index (χ0v) is 16.9. The van der Waals surface area contributed by atoms with Crippen molar-refractivity contribution in [1.82, 2.24) is 20.1 Å². The van der Waals surface area contributed by atoms with E-state index < -0.39 is 0 Å². The number of methoxy groups -OCH3 is 1. The van der Waals surface area contributed by atoms with Gasteiger partial charge in [-0.05, 0) is 44.0 Å². The molecule has 2 aromatic rings. The maximum Gasteiger partial charge on any atom is 0.233 e. The number of halogens is 1. The fourth-order valence-corrected chi connectivity index (χ4v) is 3.86. The van der Waals surface area contributed by atoms with Crippen LogP contribution in [0.2, 0.25) is 0 Å². The first kappa shape index (κ1) is 20.8. The standard InChI is InChI=1S/C19H25FN4O3S/c1-13(18(25)21-9-11-26-2)28-19-23-22-17(14-5-7-15(20)8-6-14)24(19)12-16-4-3-10-27-16/h5-8,13,16H,3-4,9-12H2,1-2H3,(H,21,25)/t13-,16-/m0/s1. The van der Waals surface area contributed by atoms with E-state index >= 15 is 0 Å². The molecule has 1 fully saturated rings. The number of rotatable bonds is 9. The molecule has 0 aliphatic carbocycles. The third kappa shape index (κ3) is 5.30. The lowest BCUT2D eigenvalue weighted by Crippen LogP contribution is -2.33. The van der Waals surface area contributed by atoms with Crippen molar-refractivity contribution in [1.29, 1.82) is 0 Å². The Morgan fingerprint density at radius 3 is 2.89 bits per heavy atom. The van der Waals surface area contributed by atoms with E-state index in [2.05, 4.69) is 15.5 Å². The predicted molar refractivity (Wildman–Crippen MR) is 105 cm³/mol. The van der Waals surface area contributed by atoms with Gasteiger partial charge in [0.1, 0.15) is 5.82 Å². The van der Waals surface area contributed by atoms with Crippen LogP contribution in [0, 0.1) is 5.82 Å². The molecule has 1 amide bonds. The SMILES string of the molecule is COCCNC(=O)[C@H](C)Sc1nnc(-c2ccc(F)cc2)n1C[C@@H]1CCCO1. The number of hydrogen-bond acceptors (Lipinski definition) is 6. The van der Waals surface area contributed by atoms with Gasteiger partial charge in [-0.1, -0.05) is 11.8 Å². The molecule has 0 spiro atoms. The number of benzene rings is 1. The van der Waals surface area contributed by atoms with Gasteiger partial charge in [0.05, 0.1) is 24.5 Å². The minimum Gasteiger partial charge on any atom is -0.383 e. The summed E-state index contributed by atoms with van der Waals surface area (Å²) < 4.78 is 26.0. The van der Waals surface area contributed by atoms with Crippen LogP contribution in [0.4, 0.5) is 4.39 Å². The smallest absolute Gasteiger partial charge is 0.233 e. The zero-order valence-electron chi connectivity index (χ0n) is 16.1. The van der Waals surface area contributed by atoms with Crippen LogP contribution in [0.15, 0.2) is 29.4 Å². The average molecular weight is 408 g/mol. The van der Waals surface area contributed by atoms with Crippen LogP contribution < -0.4 is 5.32 Å². The van der Waals surface area contributed by atoms with Gasteiger partial charge in [0, 0.05) is 25.8 Å². The second-order valence-electron chi connectivity index (χ2n) is 6.60. The Balaban J connectivity index is 1.79. The lowest BCUT2D eigenvalue weighted by Gasteiger charge is -2.16. The monoisotopic (exact) mass is 408 g/mol. The molecule has 0 radical (unpaired) electrons. The number of nitrogens with one attached hydrogen (secondary N) is 1. The van der Waals surface area contributed by atoms with E-state index in [4.69, 9.17) is 9.47 Å². The molecule has 152 valence electrons. The van der Waals surface area contributed by atoms with E-state index in [9.17, 15) is 9.18 Å². The van der Waals surface area contributed by atoms with Crippen molar-refractivity contribution >= 4 is 17.7 Å². The number of amides is 1. The third-order valence-electron chi connectivity index (χ3n) is 4.49. The van der Waals surface area contributed by atoms with Crippen LogP contribution >= 0.6 is 11.8 Å². The van der Waals surface area contributed by atoms with Crippen molar-refractivity contribution in [2.75, 3.05) is 26.9 Å². The molecule has 2 atom stereocenters. The van der Waals surface area contributed by atoms with Crippen LogP contribution in [-0.2, 0) is 20.8 Å². The summed E-state index contributed by atoms with van der Waals surface area (Å²) in [4.78, 5) is 12.3. The second-order valence-corrected chi connectivity index (χ2v) is 7.91. The van der Waals surface area contributed by atoms with Gasteiger partial charge in [-0.15, -0.1) is 10.2 Å². The second kappa shape index (κ2) is 9.99. The van der Waals surface area contributed by atoms with Gasteiger partial charge in [-0.25, -0.2) is 4.39 Å². The molecular formula is C19H25FN4O3S. The summed E-state index contributed by atoms with van der Waals surface area (Å²) in [6, 6.07) is 6.17. The quantitative estimate of drug-likeness (QED) is 0.507. The Morgan fingerprint density at radius 1 is 1.43 bits per heavy atom. The van der Waals surface area contributed by atoms with Gasteiger partial charge in [0.15, 0.2) is 11.0 Å². The minimum absolute atomic E-state index is 0.0837. The molecule has 1 aliphatic heterocycles. The topological polar surface area (TPSA) is 78.3 Å². The summed E-state index contributed by atoms with van der Waals surface area (Å²) in [6.45, 7) is 4.10. The molecule has 0 bridgehead atoms. The van der Waals surface area contributed by atoms with Crippen molar-refractivity contribution < 1.29 is 18.7 Å². The highest BCUT2D eigenvalue weighted by Gasteiger charge is 2.24. The fraction of sp³-hybridized carbons (Fsp3) is 0.526. The summed E-state index contributed by atoms with van der Waals surface area (Å²) in [5.74, 6) is 0.256. The van der Waals surface area contributed by atoms with E-state index in [-0.39, 0.29) is 23.1 Å². The van der Waals surface area contributed by atoms with Gasteiger partial charge in [-0.3, -0.25) is 9.36 Å². The van der Waals surface area contributed by atoms with Crippen LogP contribution in [0.3, 0.4) is 0 Å². The third-order valence-corrected chi connectivity index (χ3v) is 5.57. The van der Waals surface area contributed by atoms with E-state index in [0.29, 0.717) is 30.7 Å². The predicted octanol–water partition coefficient (Wildman–Crippen LogP) is 2.51. The van der Waals surface area contributed by atoms with Gasteiger partial charge >= 0.3 is 0 Å². The van der Waals surface area contributed by atoms with Gasteiger partial charge in [0.25, 0.3) is 0 Å². The zero-order chi connectivity index (χ0) is 19.9. The van der Waals surface area contributed by atoms with Gasteiger partial charge in [0.2, 0.25) is 5.91 Å². The minimum atomic E-state index is -0.342. The molecule has 9 heteroatoms. The molecule has 1 aromatic carbocycles. The van der Waals surface area contributed by atoms with Gasteiger partial charge < -0.3 is 14.8 Å². The Morgan fingerprint density at radius 2 is 2.21 bits per heavy atom. The van der Waals surface area contributed by atoms with Crippen molar-refractivity contribution in [2.24, 2.45) is 0 Å². The number of nitrogens with zero attached hydrogens (tertiary/aromatic N) is 3. The number of aromatic nitrogens is 3. The van der Waals surface area contributed by atoms with E-state index in [1.807, 2.05) is 11.5 Å². The maximum absolute atomic E-state index is 13.3. The number of ether oxygens (including phenoxy) is 2. The Kier molecular flexibility index (Phi) is 7.41. The highest BCUT2D eigenvalue weighted by molar-refractivity contribution is 8.00. The lowest BCUT2D eigenvalue weighted by molar-refractivity contribution is -0.120. The molecule has 3 rings (SSSR count). The molecule has 1 N–H and O–H groups in total.